The Morgan fingerprint density at radius 3 is 2.89 bits per heavy atom. The summed E-state index contributed by atoms with van der Waals surface area (Å²) in [6.07, 6.45) is -0.273. The van der Waals surface area contributed by atoms with Gasteiger partial charge in [-0.2, -0.15) is 0 Å². The molecule has 0 saturated carbocycles. The summed E-state index contributed by atoms with van der Waals surface area (Å²) in [5.41, 5.74) is 0. The van der Waals surface area contributed by atoms with Crippen molar-refractivity contribution in [1.29, 1.82) is 0 Å². The number of aliphatic hydroxyl groups is 2. The fourth-order valence-corrected chi connectivity index (χ4v) is 0.521. The number of rotatable bonds is 0. The first-order valence-electron chi connectivity index (χ1n) is 2.45. The predicted octanol–water partition coefficient (Wildman–Crippen LogP) is -0.654. The number of hydrogen-bond acceptors (Lipinski definition) is 4. The van der Waals surface area contributed by atoms with Gasteiger partial charge in [0.2, 0.25) is 6.29 Å². The molecular formula is C5H6O4. The highest BCUT2D eigenvalue weighted by Gasteiger charge is 2.22. The van der Waals surface area contributed by atoms with Gasteiger partial charge in [-0.1, -0.05) is 0 Å². The minimum Gasteiger partial charge on any atom is -0.504 e. The summed E-state index contributed by atoms with van der Waals surface area (Å²) >= 11 is 0. The molecule has 1 atom stereocenters. The van der Waals surface area contributed by atoms with Gasteiger partial charge < -0.3 is 14.9 Å². The van der Waals surface area contributed by atoms with Crippen LogP contribution in [0.5, 0.6) is 0 Å². The Kier molecular flexibility index (Phi) is 1.50. The molecule has 0 radical (unpaired) electrons. The van der Waals surface area contributed by atoms with Gasteiger partial charge >= 0.3 is 0 Å². The fraction of sp³-hybridized carbons (Fsp3) is 0.400. The Hall–Kier alpha value is -0.870. The van der Waals surface area contributed by atoms with Crippen molar-refractivity contribution in [2.24, 2.45) is 0 Å². The van der Waals surface area contributed by atoms with Crippen LogP contribution in [0.1, 0.15) is 0 Å². The maximum absolute atomic E-state index is 10.4. The minimum atomic E-state index is -1.48. The van der Waals surface area contributed by atoms with Crippen molar-refractivity contribution in [3.63, 3.8) is 0 Å². The minimum absolute atomic E-state index is 0.0821. The largest absolute Gasteiger partial charge is 0.504 e. The number of Topliss-reactive ketones (excluding diaryl/α,β-unsaturated/α-hetero) is 1. The normalized spacial score (nSPS) is 27.9. The van der Waals surface area contributed by atoms with E-state index in [1.54, 1.807) is 0 Å². The second-order valence-corrected chi connectivity index (χ2v) is 1.64. The zero-order valence-corrected chi connectivity index (χ0v) is 4.57. The first-order chi connectivity index (χ1) is 4.22. The van der Waals surface area contributed by atoms with Gasteiger partial charge in [0.25, 0.3) is 5.78 Å². The quantitative estimate of drug-likeness (QED) is 0.457. The predicted molar refractivity (Wildman–Crippen MR) is 27.7 cm³/mol. The van der Waals surface area contributed by atoms with Gasteiger partial charge in [0.05, 0.1) is 6.61 Å². The molecule has 9 heavy (non-hydrogen) atoms. The van der Waals surface area contributed by atoms with Gasteiger partial charge in [0.15, 0.2) is 5.76 Å². The molecule has 0 aromatic carbocycles. The van der Waals surface area contributed by atoms with Crippen LogP contribution in [0.3, 0.4) is 0 Å². The van der Waals surface area contributed by atoms with Crippen molar-refractivity contribution in [1.82, 2.24) is 0 Å². The van der Waals surface area contributed by atoms with Gasteiger partial charge in [0.1, 0.15) is 0 Å². The Labute approximate surface area is 51.4 Å². The maximum Gasteiger partial charge on any atom is 0.252 e. The zero-order valence-electron chi connectivity index (χ0n) is 4.57. The second-order valence-electron chi connectivity index (χ2n) is 1.64. The van der Waals surface area contributed by atoms with Crippen molar-refractivity contribution in [2.75, 3.05) is 6.61 Å². The Balaban J connectivity index is 2.74. The lowest BCUT2D eigenvalue weighted by Crippen LogP contribution is -2.29. The molecule has 0 aromatic heterocycles. The molecule has 0 amide bonds. The van der Waals surface area contributed by atoms with E-state index in [1.807, 2.05) is 0 Å². The standard InChI is InChI=1S/C5H6O4/c6-3-1-2-9-5(8)4(3)7/h1,5-6,8H,2H2. The van der Waals surface area contributed by atoms with Crippen molar-refractivity contribution in [3.05, 3.63) is 11.8 Å². The van der Waals surface area contributed by atoms with E-state index >= 15 is 0 Å². The first kappa shape index (κ1) is 6.25. The molecule has 2 N–H and O–H groups in total. The third kappa shape index (κ3) is 1.09. The molecule has 4 nitrogen and oxygen atoms in total. The molecule has 1 rings (SSSR count). The lowest BCUT2D eigenvalue weighted by molar-refractivity contribution is -0.155. The Morgan fingerprint density at radius 1 is 1.78 bits per heavy atom. The Morgan fingerprint density at radius 2 is 2.44 bits per heavy atom. The third-order valence-corrected chi connectivity index (χ3v) is 1.01. The summed E-state index contributed by atoms with van der Waals surface area (Å²) in [6.45, 7) is 0.0821. The highest BCUT2D eigenvalue weighted by molar-refractivity contribution is 5.96. The number of ether oxygens (including phenoxy) is 1. The number of aliphatic hydroxyl groups excluding tert-OH is 2. The van der Waals surface area contributed by atoms with E-state index in [2.05, 4.69) is 4.74 Å². The van der Waals surface area contributed by atoms with E-state index < -0.39 is 17.8 Å². The average molecular weight is 130 g/mol. The molecule has 0 bridgehead atoms. The lowest BCUT2D eigenvalue weighted by Gasteiger charge is -2.12. The number of carbonyl (C=O) groups excluding carboxylic acids is 1. The van der Waals surface area contributed by atoms with Gasteiger partial charge in [0, 0.05) is 0 Å². The summed E-state index contributed by atoms with van der Waals surface area (Å²) < 4.78 is 4.43. The highest BCUT2D eigenvalue weighted by atomic mass is 16.6. The maximum atomic E-state index is 10.4. The molecule has 0 aliphatic carbocycles. The molecule has 0 fully saturated rings. The molecule has 0 spiro atoms. The molecule has 1 heterocycles. The van der Waals surface area contributed by atoms with Crippen molar-refractivity contribution in [3.8, 4) is 0 Å². The monoisotopic (exact) mass is 130 g/mol. The SMILES string of the molecule is O=C1C(O)=CCOC1O. The topological polar surface area (TPSA) is 66.8 Å². The van der Waals surface area contributed by atoms with Crippen molar-refractivity contribution in [2.45, 2.75) is 6.29 Å². The smallest absolute Gasteiger partial charge is 0.252 e. The van der Waals surface area contributed by atoms with Crippen LogP contribution >= 0.6 is 0 Å². The third-order valence-electron chi connectivity index (χ3n) is 1.01. The van der Waals surface area contributed by atoms with Gasteiger partial charge in [-0.25, -0.2) is 0 Å². The van der Waals surface area contributed by atoms with Gasteiger partial charge in [-0.05, 0) is 6.08 Å². The molecule has 0 aromatic rings. The molecule has 1 unspecified atom stereocenters. The van der Waals surface area contributed by atoms with Crippen LogP contribution in [0.2, 0.25) is 0 Å². The van der Waals surface area contributed by atoms with E-state index in [0.29, 0.717) is 0 Å². The van der Waals surface area contributed by atoms with Gasteiger partial charge in [-0.15, -0.1) is 0 Å². The molecule has 1 aliphatic rings. The Bertz CT molecular complexity index is 160. The van der Waals surface area contributed by atoms with Crippen molar-refractivity contribution < 1.29 is 19.7 Å². The second kappa shape index (κ2) is 2.16. The van der Waals surface area contributed by atoms with Crippen LogP contribution in [0.15, 0.2) is 11.8 Å². The molecular weight excluding hydrogens is 124 g/mol. The summed E-state index contributed by atoms with van der Waals surface area (Å²) in [5, 5.41) is 17.2. The van der Waals surface area contributed by atoms with Crippen LogP contribution in [0.4, 0.5) is 0 Å². The zero-order chi connectivity index (χ0) is 6.85. The summed E-state index contributed by atoms with van der Waals surface area (Å²) in [6, 6.07) is 0. The molecule has 50 valence electrons. The van der Waals surface area contributed by atoms with E-state index in [-0.39, 0.29) is 6.61 Å². The first-order valence-corrected chi connectivity index (χ1v) is 2.45. The fourth-order valence-electron chi connectivity index (χ4n) is 0.521. The lowest BCUT2D eigenvalue weighted by atomic mass is 10.2. The highest BCUT2D eigenvalue weighted by Crippen LogP contribution is 2.04. The van der Waals surface area contributed by atoms with E-state index in [0.717, 1.165) is 0 Å². The number of hydrogen-bond donors (Lipinski definition) is 2. The van der Waals surface area contributed by atoms with Crippen LogP contribution < -0.4 is 0 Å². The summed E-state index contributed by atoms with van der Waals surface area (Å²) in [5.74, 6) is -1.20. The van der Waals surface area contributed by atoms with Crippen LogP contribution in [-0.2, 0) is 9.53 Å². The van der Waals surface area contributed by atoms with Crippen LogP contribution in [0, 0.1) is 0 Å². The molecule has 1 aliphatic heterocycles. The van der Waals surface area contributed by atoms with Gasteiger partial charge in [-0.3, -0.25) is 4.79 Å². The van der Waals surface area contributed by atoms with E-state index in [9.17, 15) is 4.79 Å². The number of ketones is 1. The molecule has 4 heteroatoms. The van der Waals surface area contributed by atoms with E-state index in [1.165, 1.54) is 6.08 Å². The van der Waals surface area contributed by atoms with Crippen LogP contribution in [-0.4, -0.2) is 28.9 Å². The number of carbonyl (C=O) groups is 1. The average Bonchev–Trinajstić information content (AvgIpc) is 1.83. The summed E-state index contributed by atoms with van der Waals surface area (Å²) in [7, 11) is 0. The van der Waals surface area contributed by atoms with Crippen LogP contribution in [0.25, 0.3) is 0 Å². The van der Waals surface area contributed by atoms with Crippen molar-refractivity contribution >= 4 is 5.78 Å². The molecule has 0 saturated heterocycles. The summed E-state index contributed by atoms with van der Waals surface area (Å²) in [4.78, 5) is 10.4. The van der Waals surface area contributed by atoms with E-state index in [4.69, 9.17) is 10.2 Å².